The normalized spacial score (nSPS) is 26.2. The third-order valence-electron chi connectivity index (χ3n) is 2.50. The first-order valence-corrected chi connectivity index (χ1v) is 4.77. The lowest BCUT2D eigenvalue weighted by atomic mass is 10.0. The first-order chi connectivity index (χ1) is 6.75. The molecule has 0 radical (unpaired) electrons. The van der Waals surface area contributed by atoms with Gasteiger partial charge in [0.15, 0.2) is 0 Å². The Morgan fingerprint density at radius 3 is 2.64 bits per heavy atom. The van der Waals surface area contributed by atoms with Gasteiger partial charge in [-0.1, -0.05) is 30.3 Å². The summed E-state index contributed by atoms with van der Waals surface area (Å²) in [6.45, 7) is 0. The highest BCUT2D eigenvalue weighted by molar-refractivity contribution is 5.79. The summed E-state index contributed by atoms with van der Waals surface area (Å²) < 4.78 is 0. The van der Waals surface area contributed by atoms with Crippen molar-refractivity contribution in [3.8, 4) is 0 Å². The van der Waals surface area contributed by atoms with E-state index in [1.165, 1.54) is 0 Å². The first kappa shape index (κ1) is 9.21. The van der Waals surface area contributed by atoms with E-state index in [-0.39, 0.29) is 18.4 Å². The fraction of sp³-hybridized carbons (Fsp3) is 0.364. The summed E-state index contributed by atoms with van der Waals surface area (Å²) in [5, 5.41) is 12.3. The van der Waals surface area contributed by atoms with Crippen LogP contribution >= 0.6 is 0 Å². The summed E-state index contributed by atoms with van der Waals surface area (Å²) in [6, 6.07) is 9.74. The van der Waals surface area contributed by atoms with Crippen LogP contribution in [0.1, 0.15) is 12.0 Å². The van der Waals surface area contributed by atoms with Crippen LogP contribution in [0.15, 0.2) is 30.3 Å². The second-order valence-corrected chi connectivity index (χ2v) is 3.64. The predicted molar refractivity (Wildman–Crippen MR) is 52.7 cm³/mol. The molecule has 0 unspecified atom stereocenters. The Hall–Kier alpha value is -1.35. The quantitative estimate of drug-likeness (QED) is 0.714. The number of rotatable bonds is 2. The van der Waals surface area contributed by atoms with Gasteiger partial charge in [-0.2, -0.15) is 0 Å². The molecule has 2 N–H and O–H groups in total. The van der Waals surface area contributed by atoms with E-state index in [9.17, 15) is 9.90 Å². The van der Waals surface area contributed by atoms with Crippen LogP contribution < -0.4 is 5.32 Å². The molecular weight excluding hydrogens is 178 g/mol. The minimum atomic E-state index is -0.539. The van der Waals surface area contributed by atoms with Crippen molar-refractivity contribution < 1.29 is 9.90 Å². The van der Waals surface area contributed by atoms with Gasteiger partial charge in [0.25, 0.3) is 0 Å². The zero-order valence-electron chi connectivity index (χ0n) is 7.81. The maximum atomic E-state index is 11.0. The number of benzene rings is 1. The molecule has 1 aliphatic rings. The highest BCUT2D eigenvalue weighted by Crippen LogP contribution is 2.13. The predicted octanol–water partition coefficient (Wildman–Crippen LogP) is 0.478. The Balaban J connectivity index is 2.02. The number of carbonyl (C=O) groups is 1. The van der Waals surface area contributed by atoms with Crippen LogP contribution in [0.5, 0.6) is 0 Å². The molecule has 1 saturated heterocycles. The molecule has 1 fully saturated rings. The van der Waals surface area contributed by atoms with E-state index in [1.807, 2.05) is 30.3 Å². The van der Waals surface area contributed by atoms with Crippen molar-refractivity contribution in [1.29, 1.82) is 0 Å². The minimum absolute atomic E-state index is 0.0570. The van der Waals surface area contributed by atoms with Gasteiger partial charge in [-0.15, -0.1) is 0 Å². The molecule has 1 heterocycles. The van der Waals surface area contributed by atoms with E-state index in [0.717, 1.165) is 5.56 Å². The zero-order valence-corrected chi connectivity index (χ0v) is 7.81. The maximum absolute atomic E-state index is 11.0. The van der Waals surface area contributed by atoms with E-state index in [4.69, 9.17) is 0 Å². The molecule has 2 atom stereocenters. The zero-order chi connectivity index (χ0) is 9.97. The summed E-state index contributed by atoms with van der Waals surface area (Å²) in [5.41, 5.74) is 1.14. The molecule has 1 aliphatic heterocycles. The van der Waals surface area contributed by atoms with Gasteiger partial charge < -0.3 is 10.4 Å². The summed E-state index contributed by atoms with van der Waals surface area (Å²) >= 11 is 0. The van der Waals surface area contributed by atoms with Gasteiger partial charge in [-0.05, 0) is 12.0 Å². The molecule has 0 bridgehead atoms. The smallest absolute Gasteiger partial charge is 0.223 e. The highest BCUT2D eigenvalue weighted by atomic mass is 16.3. The number of amides is 1. The number of nitrogens with one attached hydrogen (secondary N) is 1. The Kier molecular flexibility index (Phi) is 2.50. The second kappa shape index (κ2) is 3.80. The van der Waals surface area contributed by atoms with Crippen molar-refractivity contribution in [2.24, 2.45) is 0 Å². The molecule has 0 aromatic heterocycles. The van der Waals surface area contributed by atoms with E-state index >= 15 is 0 Å². The van der Waals surface area contributed by atoms with Crippen LogP contribution in [0.25, 0.3) is 0 Å². The highest BCUT2D eigenvalue weighted by Gasteiger charge is 2.30. The van der Waals surface area contributed by atoms with Gasteiger partial charge in [0.2, 0.25) is 5.91 Å². The largest absolute Gasteiger partial charge is 0.390 e. The van der Waals surface area contributed by atoms with Gasteiger partial charge in [0.1, 0.15) is 0 Å². The van der Waals surface area contributed by atoms with Crippen LogP contribution in [-0.4, -0.2) is 23.2 Å². The second-order valence-electron chi connectivity index (χ2n) is 3.64. The van der Waals surface area contributed by atoms with Crippen molar-refractivity contribution in [3.63, 3.8) is 0 Å². The Morgan fingerprint density at radius 2 is 2.07 bits per heavy atom. The van der Waals surface area contributed by atoms with Gasteiger partial charge in [0, 0.05) is 0 Å². The summed E-state index contributed by atoms with van der Waals surface area (Å²) in [5.74, 6) is -0.0570. The number of aliphatic hydroxyl groups is 1. The van der Waals surface area contributed by atoms with Crippen LogP contribution in [0.3, 0.4) is 0 Å². The summed E-state index contributed by atoms with van der Waals surface area (Å²) in [6.07, 6.45) is 0.397. The molecule has 3 heteroatoms. The van der Waals surface area contributed by atoms with Crippen LogP contribution in [0.2, 0.25) is 0 Å². The summed E-state index contributed by atoms with van der Waals surface area (Å²) in [7, 11) is 0. The van der Waals surface area contributed by atoms with Gasteiger partial charge in [-0.3, -0.25) is 4.79 Å². The molecule has 2 rings (SSSR count). The third-order valence-corrected chi connectivity index (χ3v) is 2.50. The van der Waals surface area contributed by atoms with E-state index < -0.39 is 6.10 Å². The number of carbonyl (C=O) groups excluding carboxylic acids is 1. The van der Waals surface area contributed by atoms with E-state index in [1.54, 1.807) is 0 Å². The Morgan fingerprint density at radius 1 is 1.36 bits per heavy atom. The van der Waals surface area contributed by atoms with Crippen molar-refractivity contribution in [2.45, 2.75) is 25.0 Å². The molecule has 1 amide bonds. The molecular formula is C11H13NO2. The molecule has 74 valence electrons. The molecule has 0 aliphatic carbocycles. The van der Waals surface area contributed by atoms with Crippen LogP contribution in [0.4, 0.5) is 0 Å². The van der Waals surface area contributed by atoms with Crippen molar-refractivity contribution in [1.82, 2.24) is 5.32 Å². The van der Waals surface area contributed by atoms with Gasteiger partial charge in [0.05, 0.1) is 18.6 Å². The van der Waals surface area contributed by atoms with E-state index in [2.05, 4.69) is 5.32 Å². The lowest BCUT2D eigenvalue weighted by Gasteiger charge is -2.13. The SMILES string of the molecule is O=C1C[C@H](O)[C@@H](Cc2ccccc2)N1. The summed E-state index contributed by atoms with van der Waals surface area (Å²) in [4.78, 5) is 11.0. The minimum Gasteiger partial charge on any atom is -0.390 e. The Bertz CT molecular complexity index is 323. The molecule has 3 nitrogen and oxygen atoms in total. The molecule has 0 saturated carbocycles. The molecule has 1 aromatic carbocycles. The topological polar surface area (TPSA) is 49.3 Å². The van der Waals surface area contributed by atoms with Gasteiger partial charge in [-0.25, -0.2) is 0 Å². The number of hydrogen-bond acceptors (Lipinski definition) is 2. The number of aliphatic hydroxyl groups excluding tert-OH is 1. The first-order valence-electron chi connectivity index (χ1n) is 4.77. The fourth-order valence-corrected chi connectivity index (χ4v) is 1.75. The van der Waals surface area contributed by atoms with E-state index in [0.29, 0.717) is 6.42 Å². The Labute approximate surface area is 82.8 Å². The van der Waals surface area contributed by atoms with Crippen LogP contribution in [-0.2, 0) is 11.2 Å². The lowest BCUT2D eigenvalue weighted by Crippen LogP contribution is -2.33. The fourth-order valence-electron chi connectivity index (χ4n) is 1.75. The molecule has 0 spiro atoms. The molecule has 14 heavy (non-hydrogen) atoms. The van der Waals surface area contributed by atoms with Crippen molar-refractivity contribution >= 4 is 5.91 Å². The monoisotopic (exact) mass is 191 g/mol. The third kappa shape index (κ3) is 1.93. The van der Waals surface area contributed by atoms with Crippen LogP contribution in [0, 0.1) is 0 Å². The van der Waals surface area contributed by atoms with Gasteiger partial charge >= 0.3 is 0 Å². The van der Waals surface area contributed by atoms with Crippen molar-refractivity contribution in [3.05, 3.63) is 35.9 Å². The molecule has 1 aromatic rings. The average Bonchev–Trinajstić information content (AvgIpc) is 2.47. The standard InChI is InChI=1S/C11H13NO2/c13-10-7-11(14)12-9(10)6-8-4-2-1-3-5-8/h1-5,9-10,13H,6-7H2,(H,12,14)/t9-,10+/m1/s1. The average molecular weight is 191 g/mol. The maximum Gasteiger partial charge on any atom is 0.223 e. The van der Waals surface area contributed by atoms with Crippen molar-refractivity contribution in [2.75, 3.05) is 0 Å². The number of hydrogen-bond donors (Lipinski definition) is 2. The lowest BCUT2D eigenvalue weighted by molar-refractivity contribution is -0.119.